The average molecular weight is 230 g/mol. The van der Waals surface area contributed by atoms with E-state index in [0.717, 1.165) is 0 Å². The summed E-state index contributed by atoms with van der Waals surface area (Å²) in [6, 6.07) is 0. The van der Waals surface area contributed by atoms with Gasteiger partial charge >= 0.3 is 5.97 Å². The SMILES string of the molecule is CC(OCC(C)(C)C)C(=O)OCC(C)(C)C. The van der Waals surface area contributed by atoms with Crippen molar-refractivity contribution in [3.8, 4) is 0 Å². The maximum Gasteiger partial charge on any atom is 0.334 e. The Labute approximate surface area is 99.5 Å². The van der Waals surface area contributed by atoms with Gasteiger partial charge in [-0.25, -0.2) is 4.79 Å². The lowest BCUT2D eigenvalue weighted by molar-refractivity contribution is -0.160. The molecule has 1 unspecified atom stereocenters. The van der Waals surface area contributed by atoms with E-state index in [1.807, 2.05) is 20.8 Å². The summed E-state index contributed by atoms with van der Waals surface area (Å²) in [5.41, 5.74) is 0.0674. The third-order valence-electron chi connectivity index (χ3n) is 1.75. The maximum atomic E-state index is 11.6. The molecule has 0 saturated carbocycles. The van der Waals surface area contributed by atoms with Crippen molar-refractivity contribution in [3.05, 3.63) is 0 Å². The van der Waals surface area contributed by atoms with E-state index < -0.39 is 6.10 Å². The molecule has 0 N–H and O–H groups in total. The third-order valence-corrected chi connectivity index (χ3v) is 1.75. The summed E-state index contributed by atoms with van der Waals surface area (Å²) in [6.07, 6.45) is -0.485. The molecule has 0 aliphatic heterocycles. The summed E-state index contributed by atoms with van der Waals surface area (Å²) in [7, 11) is 0. The minimum Gasteiger partial charge on any atom is -0.463 e. The molecule has 96 valence electrons. The van der Waals surface area contributed by atoms with Crippen molar-refractivity contribution >= 4 is 5.97 Å². The van der Waals surface area contributed by atoms with Gasteiger partial charge in [0.05, 0.1) is 13.2 Å². The first kappa shape index (κ1) is 15.4. The summed E-state index contributed by atoms with van der Waals surface area (Å²) >= 11 is 0. The van der Waals surface area contributed by atoms with Crippen LogP contribution in [-0.4, -0.2) is 25.3 Å². The molecule has 3 heteroatoms. The Morgan fingerprint density at radius 3 is 1.81 bits per heavy atom. The zero-order valence-corrected chi connectivity index (χ0v) is 11.7. The highest BCUT2D eigenvalue weighted by atomic mass is 16.6. The van der Waals surface area contributed by atoms with Crippen LogP contribution in [-0.2, 0) is 14.3 Å². The normalized spacial score (nSPS) is 14.7. The van der Waals surface area contributed by atoms with E-state index in [2.05, 4.69) is 20.8 Å². The molecule has 0 fully saturated rings. The van der Waals surface area contributed by atoms with Crippen LogP contribution in [0.4, 0.5) is 0 Å². The molecule has 16 heavy (non-hydrogen) atoms. The van der Waals surface area contributed by atoms with Gasteiger partial charge in [-0.15, -0.1) is 0 Å². The van der Waals surface area contributed by atoms with Crippen LogP contribution in [0.3, 0.4) is 0 Å². The van der Waals surface area contributed by atoms with Crippen molar-refractivity contribution < 1.29 is 14.3 Å². The lowest BCUT2D eigenvalue weighted by Crippen LogP contribution is -2.30. The Morgan fingerprint density at radius 2 is 1.44 bits per heavy atom. The van der Waals surface area contributed by atoms with Crippen LogP contribution in [0.1, 0.15) is 48.5 Å². The van der Waals surface area contributed by atoms with E-state index in [1.165, 1.54) is 0 Å². The topological polar surface area (TPSA) is 35.5 Å². The van der Waals surface area contributed by atoms with Crippen molar-refractivity contribution in [1.29, 1.82) is 0 Å². The molecule has 0 aliphatic carbocycles. The van der Waals surface area contributed by atoms with E-state index in [-0.39, 0.29) is 16.8 Å². The second-order valence-corrected chi connectivity index (χ2v) is 6.68. The zero-order chi connectivity index (χ0) is 13.0. The number of carbonyl (C=O) groups is 1. The molecule has 0 heterocycles. The van der Waals surface area contributed by atoms with Gasteiger partial charge in [0, 0.05) is 0 Å². The predicted molar refractivity (Wildman–Crippen MR) is 65.3 cm³/mol. The quantitative estimate of drug-likeness (QED) is 0.696. The highest BCUT2D eigenvalue weighted by molar-refractivity contribution is 5.74. The van der Waals surface area contributed by atoms with Gasteiger partial charge in [-0.1, -0.05) is 41.5 Å². The van der Waals surface area contributed by atoms with Crippen LogP contribution in [0.5, 0.6) is 0 Å². The van der Waals surface area contributed by atoms with Crippen LogP contribution in [0.2, 0.25) is 0 Å². The molecule has 0 aliphatic rings. The molecule has 0 bridgehead atoms. The zero-order valence-electron chi connectivity index (χ0n) is 11.7. The summed E-state index contributed by atoms with van der Waals surface area (Å²) in [5.74, 6) is -0.279. The highest BCUT2D eigenvalue weighted by Gasteiger charge is 2.21. The summed E-state index contributed by atoms with van der Waals surface area (Å²) in [5, 5.41) is 0. The Morgan fingerprint density at radius 1 is 1.00 bits per heavy atom. The minimum absolute atomic E-state index is 0.000588. The molecule has 0 aromatic rings. The molecule has 3 nitrogen and oxygen atoms in total. The molecule has 0 aromatic carbocycles. The molecule has 0 aromatic heterocycles. The van der Waals surface area contributed by atoms with Gasteiger partial charge in [-0.3, -0.25) is 0 Å². The van der Waals surface area contributed by atoms with Crippen LogP contribution in [0.15, 0.2) is 0 Å². The maximum absolute atomic E-state index is 11.6. The fourth-order valence-corrected chi connectivity index (χ4v) is 0.848. The van der Waals surface area contributed by atoms with Crippen molar-refractivity contribution in [3.63, 3.8) is 0 Å². The van der Waals surface area contributed by atoms with Gasteiger partial charge in [0.25, 0.3) is 0 Å². The van der Waals surface area contributed by atoms with Gasteiger partial charge in [0.2, 0.25) is 0 Å². The number of carbonyl (C=O) groups excluding carboxylic acids is 1. The summed E-state index contributed by atoms with van der Waals surface area (Å²) in [6.45, 7) is 15.0. The average Bonchev–Trinajstić information content (AvgIpc) is 2.07. The molecule has 0 amide bonds. The first-order valence-corrected chi connectivity index (χ1v) is 5.79. The van der Waals surface area contributed by atoms with E-state index in [4.69, 9.17) is 9.47 Å². The molecule has 0 rings (SSSR count). The highest BCUT2D eigenvalue weighted by Crippen LogP contribution is 2.16. The Hall–Kier alpha value is -0.570. The van der Waals surface area contributed by atoms with Gasteiger partial charge < -0.3 is 9.47 Å². The number of ether oxygens (including phenoxy) is 2. The summed E-state index contributed by atoms with van der Waals surface area (Å²) < 4.78 is 10.6. The van der Waals surface area contributed by atoms with Crippen molar-refractivity contribution in [1.82, 2.24) is 0 Å². The molecule has 0 saturated heterocycles. The number of esters is 1. The molecular formula is C13H26O3. The van der Waals surface area contributed by atoms with Crippen LogP contribution >= 0.6 is 0 Å². The predicted octanol–water partition coefficient (Wildman–Crippen LogP) is 3.03. The lowest BCUT2D eigenvalue weighted by atomic mass is 9.98. The molecular weight excluding hydrogens is 204 g/mol. The van der Waals surface area contributed by atoms with E-state index in [0.29, 0.717) is 13.2 Å². The van der Waals surface area contributed by atoms with Crippen molar-refractivity contribution in [2.45, 2.75) is 54.6 Å². The number of hydrogen-bond donors (Lipinski definition) is 0. The van der Waals surface area contributed by atoms with Crippen LogP contribution in [0.25, 0.3) is 0 Å². The molecule has 0 spiro atoms. The largest absolute Gasteiger partial charge is 0.463 e. The monoisotopic (exact) mass is 230 g/mol. The fraction of sp³-hybridized carbons (Fsp3) is 0.923. The second-order valence-electron chi connectivity index (χ2n) is 6.68. The molecule has 1 atom stereocenters. The van der Waals surface area contributed by atoms with Gasteiger partial charge in [-0.2, -0.15) is 0 Å². The van der Waals surface area contributed by atoms with E-state index >= 15 is 0 Å². The first-order valence-electron chi connectivity index (χ1n) is 5.79. The Kier molecular flexibility index (Phi) is 5.47. The van der Waals surface area contributed by atoms with Crippen LogP contribution < -0.4 is 0 Å². The second kappa shape index (κ2) is 5.67. The van der Waals surface area contributed by atoms with E-state index in [9.17, 15) is 4.79 Å². The summed E-state index contributed by atoms with van der Waals surface area (Å²) in [4.78, 5) is 11.6. The van der Waals surface area contributed by atoms with Crippen molar-refractivity contribution in [2.24, 2.45) is 10.8 Å². The standard InChI is InChI=1S/C13H26O3/c1-10(15-8-12(2,3)4)11(14)16-9-13(5,6)7/h10H,8-9H2,1-7H3. The Balaban J connectivity index is 3.92. The van der Waals surface area contributed by atoms with Gasteiger partial charge in [0.15, 0.2) is 6.10 Å². The van der Waals surface area contributed by atoms with Crippen LogP contribution in [0, 0.1) is 10.8 Å². The van der Waals surface area contributed by atoms with Crippen molar-refractivity contribution in [2.75, 3.05) is 13.2 Å². The first-order chi connectivity index (χ1) is 7.01. The smallest absolute Gasteiger partial charge is 0.334 e. The fourth-order valence-electron chi connectivity index (χ4n) is 0.848. The number of hydrogen-bond acceptors (Lipinski definition) is 3. The lowest BCUT2D eigenvalue weighted by Gasteiger charge is -2.23. The minimum atomic E-state index is -0.485. The Bertz CT molecular complexity index is 220. The van der Waals surface area contributed by atoms with E-state index in [1.54, 1.807) is 6.92 Å². The van der Waals surface area contributed by atoms with Gasteiger partial charge in [0.1, 0.15) is 0 Å². The van der Waals surface area contributed by atoms with Gasteiger partial charge in [-0.05, 0) is 17.8 Å². The number of rotatable bonds is 4. The third kappa shape index (κ3) is 8.72. The molecule has 0 radical (unpaired) electrons.